The molecule has 0 atom stereocenters. The third kappa shape index (κ3) is 15.1. The molecular formula is C48H53N5O7. The predicted octanol–water partition coefficient (Wildman–Crippen LogP) is 9.22. The van der Waals surface area contributed by atoms with E-state index >= 15 is 0 Å². The van der Waals surface area contributed by atoms with E-state index < -0.39 is 5.97 Å². The van der Waals surface area contributed by atoms with Crippen molar-refractivity contribution in [2.24, 2.45) is 0 Å². The maximum absolute atomic E-state index is 12.6. The molecule has 60 heavy (non-hydrogen) atoms. The number of benzene rings is 6. The molecule has 0 bridgehead atoms. The Morgan fingerprint density at radius 3 is 1.68 bits per heavy atom. The van der Waals surface area contributed by atoms with Gasteiger partial charge in [-0.15, -0.1) is 0 Å². The molecule has 0 saturated heterocycles. The standard InChI is InChI=1S/C34H36N2O5.C8H9NO2.C6H8N2/c1-24(2)33(37)40-22-8-4-3-7-21-39-27-17-13-26(14-18-27)34(38)41-28-15-11-25(12-16-28)23-36-32-20-19-31(35)29-9-5-6-10-30(29)32;1-11-8(10)6-2-4-7(9)5-3-6;7-5-1-2-6(8)4-3-5/h5-6,9-20,36H,1,3-4,7-8,21-23,35H2,2H3;2-5H,9H2,1H3;1-4H,7-8H2. The number of rotatable bonds is 15. The second kappa shape index (κ2) is 23.7. The van der Waals surface area contributed by atoms with E-state index in [4.69, 9.17) is 37.1 Å². The minimum atomic E-state index is -0.428. The smallest absolute Gasteiger partial charge is 0.343 e. The second-order valence-corrected chi connectivity index (χ2v) is 13.6. The van der Waals surface area contributed by atoms with E-state index in [0.29, 0.717) is 53.6 Å². The van der Waals surface area contributed by atoms with Crippen LogP contribution in [-0.4, -0.2) is 38.2 Å². The Morgan fingerprint density at radius 2 is 1.10 bits per heavy atom. The summed E-state index contributed by atoms with van der Waals surface area (Å²) >= 11 is 0. The molecule has 0 heterocycles. The van der Waals surface area contributed by atoms with E-state index in [0.717, 1.165) is 64.8 Å². The Morgan fingerprint density at radius 1 is 0.583 bits per heavy atom. The molecule has 0 unspecified atom stereocenters. The fourth-order valence-electron chi connectivity index (χ4n) is 5.47. The van der Waals surface area contributed by atoms with E-state index in [9.17, 15) is 14.4 Å². The minimum Gasteiger partial charge on any atom is -0.494 e. The first-order valence-electron chi connectivity index (χ1n) is 19.4. The van der Waals surface area contributed by atoms with Gasteiger partial charge in [-0.25, -0.2) is 14.4 Å². The molecule has 0 aliphatic rings. The fourth-order valence-corrected chi connectivity index (χ4v) is 5.47. The molecule has 6 aromatic carbocycles. The minimum absolute atomic E-state index is 0.341. The lowest BCUT2D eigenvalue weighted by molar-refractivity contribution is -0.139. The Balaban J connectivity index is 0.000000339. The first kappa shape index (κ1) is 45.2. The average Bonchev–Trinajstić information content (AvgIpc) is 3.26. The van der Waals surface area contributed by atoms with Crippen LogP contribution in [-0.2, 0) is 20.8 Å². The molecule has 12 heteroatoms. The highest BCUT2D eigenvalue weighted by molar-refractivity contribution is 6.01. The van der Waals surface area contributed by atoms with Crippen LogP contribution in [0.3, 0.4) is 0 Å². The first-order chi connectivity index (χ1) is 28.9. The molecule has 0 saturated carbocycles. The maximum Gasteiger partial charge on any atom is 0.343 e. The molecule has 0 aliphatic heterocycles. The van der Waals surface area contributed by atoms with Crippen LogP contribution in [0.5, 0.6) is 11.5 Å². The summed E-state index contributed by atoms with van der Waals surface area (Å²) in [5.41, 5.74) is 28.6. The molecule has 0 aliphatic carbocycles. The van der Waals surface area contributed by atoms with Crippen molar-refractivity contribution in [2.45, 2.75) is 39.2 Å². The van der Waals surface area contributed by atoms with Crippen LogP contribution in [0.1, 0.15) is 58.9 Å². The number of hydrogen-bond donors (Lipinski definition) is 5. The summed E-state index contributed by atoms with van der Waals surface area (Å²) in [7, 11) is 1.35. The quantitative estimate of drug-likeness (QED) is 0.0216. The van der Waals surface area contributed by atoms with Crippen LogP contribution >= 0.6 is 0 Å². The normalized spacial score (nSPS) is 10.2. The monoisotopic (exact) mass is 811 g/mol. The summed E-state index contributed by atoms with van der Waals surface area (Å²) in [6, 6.07) is 40.0. The van der Waals surface area contributed by atoms with Crippen LogP contribution < -0.4 is 37.7 Å². The molecule has 12 nitrogen and oxygen atoms in total. The Hall–Kier alpha value is -7.47. The van der Waals surface area contributed by atoms with E-state index in [-0.39, 0.29) is 11.9 Å². The average molecular weight is 812 g/mol. The molecule has 0 amide bonds. The third-order valence-electron chi connectivity index (χ3n) is 8.82. The lowest BCUT2D eigenvalue weighted by Crippen LogP contribution is -2.08. The van der Waals surface area contributed by atoms with E-state index in [1.54, 1.807) is 91.9 Å². The molecule has 6 aromatic rings. The van der Waals surface area contributed by atoms with Gasteiger partial charge >= 0.3 is 17.9 Å². The summed E-state index contributed by atoms with van der Waals surface area (Å²) in [6.45, 7) is 6.80. The van der Waals surface area contributed by atoms with Crippen molar-refractivity contribution >= 4 is 57.1 Å². The van der Waals surface area contributed by atoms with Gasteiger partial charge in [-0.3, -0.25) is 0 Å². The van der Waals surface area contributed by atoms with E-state index in [1.807, 2.05) is 48.5 Å². The maximum atomic E-state index is 12.6. The second-order valence-electron chi connectivity index (χ2n) is 13.6. The van der Waals surface area contributed by atoms with Gasteiger partial charge in [-0.1, -0.05) is 43.0 Å². The van der Waals surface area contributed by atoms with Crippen molar-refractivity contribution in [3.05, 3.63) is 162 Å². The molecule has 0 aromatic heterocycles. The van der Waals surface area contributed by atoms with E-state index in [1.165, 1.54) is 7.11 Å². The van der Waals surface area contributed by atoms with Crippen LogP contribution in [0, 0.1) is 0 Å². The summed E-state index contributed by atoms with van der Waals surface area (Å²) in [5, 5.41) is 5.56. The fraction of sp³-hybridized carbons (Fsp3) is 0.188. The highest BCUT2D eigenvalue weighted by Gasteiger charge is 2.10. The molecule has 0 radical (unpaired) electrons. The number of ether oxygens (including phenoxy) is 4. The highest BCUT2D eigenvalue weighted by Crippen LogP contribution is 2.28. The number of nitrogens with two attached hydrogens (primary N) is 4. The van der Waals surface area contributed by atoms with Crippen molar-refractivity contribution in [2.75, 3.05) is 48.6 Å². The van der Waals surface area contributed by atoms with E-state index in [2.05, 4.69) is 16.6 Å². The Bertz CT molecular complexity index is 2270. The molecule has 6 rings (SSSR count). The van der Waals surface area contributed by atoms with Crippen molar-refractivity contribution in [3.8, 4) is 11.5 Å². The van der Waals surface area contributed by atoms with Gasteiger partial charge in [-0.05, 0) is 135 Å². The summed E-state index contributed by atoms with van der Waals surface area (Å²) in [5.74, 6) is 0.0636. The van der Waals surface area contributed by atoms with Crippen LogP contribution in [0.15, 0.2) is 146 Å². The summed E-state index contributed by atoms with van der Waals surface area (Å²) in [6.07, 6.45) is 3.63. The van der Waals surface area contributed by atoms with Crippen LogP contribution in [0.25, 0.3) is 10.8 Å². The zero-order valence-electron chi connectivity index (χ0n) is 34.0. The molecular weight excluding hydrogens is 759 g/mol. The van der Waals surface area contributed by atoms with Gasteiger partial charge in [-0.2, -0.15) is 0 Å². The Labute approximate surface area is 351 Å². The number of nitrogen functional groups attached to an aromatic ring is 4. The number of carbonyl (C=O) groups is 3. The predicted molar refractivity (Wildman–Crippen MR) is 241 cm³/mol. The third-order valence-corrected chi connectivity index (χ3v) is 8.82. The summed E-state index contributed by atoms with van der Waals surface area (Å²) in [4.78, 5) is 34.8. The van der Waals surface area contributed by atoms with Gasteiger partial charge in [0.15, 0.2) is 0 Å². The number of carbonyl (C=O) groups excluding carboxylic acids is 3. The number of hydrogen-bond acceptors (Lipinski definition) is 12. The lowest BCUT2D eigenvalue weighted by atomic mass is 10.1. The lowest BCUT2D eigenvalue weighted by Gasteiger charge is -2.12. The highest BCUT2D eigenvalue weighted by atomic mass is 16.5. The van der Waals surface area contributed by atoms with Gasteiger partial charge in [0, 0.05) is 51.3 Å². The van der Waals surface area contributed by atoms with Crippen LogP contribution in [0.4, 0.5) is 28.4 Å². The first-order valence-corrected chi connectivity index (χ1v) is 19.4. The zero-order valence-corrected chi connectivity index (χ0v) is 34.0. The molecule has 0 fully saturated rings. The van der Waals surface area contributed by atoms with Gasteiger partial charge in [0.1, 0.15) is 11.5 Å². The van der Waals surface area contributed by atoms with Gasteiger partial charge in [0.25, 0.3) is 0 Å². The SMILES string of the molecule is C=C(C)C(=O)OCCCCCCOc1ccc(C(=O)Oc2ccc(CNc3ccc(N)c4ccccc34)cc2)cc1.COC(=O)c1ccc(N)cc1.Nc1ccc(N)cc1. The number of methoxy groups -OCH3 is 1. The van der Waals surface area contributed by atoms with Gasteiger partial charge < -0.3 is 47.2 Å². The van der Waals surface area contributed by atoms with Crippen molar-refractivity contribution < 1.29 is 33.3 Å². The number of nitrogens with one attached hydrogen (secondary N) is 1. The number of esters is 3. The number of fused-ring (bicyclic) bond motifs is 1. The van der Waals surface area contributed by atoms with Gasteiger partial charge in [0.2, 0.25) is 0 Å². The van der Waals surface area contributed by atoms with Crippen molar-refractivity contribution in [3.63, 3.8) is 0 Å². The molecule has 0 spiro atoms. The topological polar surface area (TPSA) is 204 Å². The molecule has 312 valence electrons. The summed E-state index contributed by atoms with van der Waals surface area (Å²) < 4.78 is 20.9. The number of anilines is 5. The van der Waals surface area contributed by atoms with Gasteiger partial charge in [0.05, 0.1) is 31.5 Å². The zero-order chi connectivity index (χ0) is 43.3. The van der Waals surface area contributed by atoms with Crippen molar-refractivity contribution in [1.82, 2.24) is 0 Å². The number of unbranched alkanes of at least 4 members (excludes halogenated alkanes) is 3. The van der Waals surface area contributed by atoms with Crippen LogP contribution in [0.2, 0.25) is 0 Å². The largest absolute Gasteiger partial charge is 0.494 e. The van der Waals surface area contributed by atoms with Crippen molar-refractivity contribution in [1.29, 1.82) is 0 Å². The molecule has 9 N–H and O–H groups in total. The Kier molecular flexibility index (Phi) is 17.9.